The minimum Gasteiger partial charge on any atom is -0.465 e. The van der Waals surface area contributed by atoms with Gasteiger partial charge in [-0.3, -0.25) is 19.7 Å². The third-order valence-electron chi connectivity index (χ3n) is 7.68. The molecule has 0 spiro atoms. The van der Waals surface area contributed by atoms with E-state index in [0.717, 1.165) is 5.56 Å². The minimum absolute atomic E-state index is 0.0647. The number of carbonyl (C=O) groups is 3. The van der Waals surface area contributed by atoms with Crippen LogP contribution < -0.4 is 20.3 Å². The molecule has 0 fully saturated rings. The summed E-state index contributed by atoms with van der Waals surface area (Å²) >= 11 is 0. The molecule has 0 aliphatic carbocycles. The van der Waals surface area contributed by atoms with E-state index in [2.05, 4.69) is 10.6 Å². The first-order chi connectivity index (χ1) is 22.0. The highest BCUT2D eigenvalue weighted by Gasteiger charge is 2.33. The number of para-hydroxylation sites is 3. The topological polar surface area (TPSA) is 151 Å². The summed E-state index contributed by atoms with van der Waals surface area (Å²) in [7, 11) is 0. The predicted octanol–water partition coefficient (Wildman–Crippen LogP) is 6.45. The van der Waals surface area contributed by atoms with Crippen molar-refractivity contribution in [2.24, 2.45) is 0 Å². The van der Waals surface area contributed by atoms with Crippen molar-refractivity contribution < 1.29 is 29.2 Å². The lowest BCUT2D eigenvalue weighted by molar-refractivity contribution is -0.384. The van der Waals surface area contributed by atoms with Crippen LogP contribution in [0.2, 0.25) is 0 Å². The Morgan fingerprint density at radius 1 is 0.978 bits per heavy atom. The molecular weight excluding hydrogens is 588 g/mol. The maximum absolute atomic E-state index is 14.1. The van der Waals surface area contributed by atoms with E-state index in [1.165, 1.54) is 6.07 Å². The average Bonchev–Trinajstić information content (AvgIpc) is 3.13. The number of amides is 3. The van der Waals surface area contributed by atoms with Crippen molar-refractivity contribution in [3.05, 3.63) is 118 Å². The molecule has 0 saturated heterocycles. The van der Waals surface area contributed by atoms with Gasteiger partial charge < -0.3 is 25.4 Å². The molecule has 4 aromatic rings. The number of nitrogens with one attached hydrogen (secondary N) is 2. The number of nitrogens with zero attached hydrogens (tertiary/aromatic N) is 2. The van der Waals surface area contributed by atoms with Crippen LogP contribution in [0, 0.1) is 10.1 Å². The second-order valence-electron chi connectivity index (χ2n) is 11.7. The normalized spacial score (nSPS) is 14.5. The van der Waals surface area contributed by atoms with Crippen LogP contribution >= 0.6 is 0 Å². The second kappa shape index (κ2) is 13.5. The number of hydrogen-bond donors (Lipinski definition) is 3. The van der Waals surface area contributed by atoms with Gasteiger partial charge >= 0.3 is 6.09 Å². The van der Waals surface area contributed by atoms with E-state index in [0.29, 0.717) is 46.7 Å². The van der Waals surface area contributed by atoms with Crippen molar-refractivity contribution in [1.29, 1.82) is 0 Å². The molecule has 236 valence electrons. The fourth-order valence-electron chi connectivity index (χ4n) is 5.62. The van der Waals surface area contributed by atoms with Crippen LogP contribution in [-0.4, -0.2) is 39.5 Å². The molecule has 5 rings (SSSR count). The Hall–Kier alpha value is -5.71. The second-order valence-corrected chi connectivity index (χ2v) is 11.7. The van der Waals surface area contributed by atoms with Crippen molar-refractivity contribution in [1.82, 2.24) is 10.6 Å². The van der Waals surface area contributed by atoms with Crippen molar-refractivity contribution in [2.45, 2.75) is 51.2 Å². The van der Waals surface area contributed by atoms with Gasteiger partial charge in [0.25, 0.3) is 5.69 Å². The molecule has 3 amide bonds. The number of aryl methyl sites for hydroxylation is 1. The van der Waals surface area contributed by atoms with Crippen LogP contribution in [0.5, 0.6) is 11.5 Å². The molecule has 0 bridgehead atoms. The van der Waals surface area contributed by atoms with E-state index in [-0.39, 0.29) is 24.6 Å². The minimum atomic E-state index is -1.24. The maximum atomic E-state index is 14.1. The van der Waals surface area contributed by atoms with Gasteiger partial charge in [0.05, 0.1) is 17.0 Å². The van der Waals surface area contributed by atoms with Crippen LogP contribution in [0.15, 0.2) is 97.1 Å². The Kier molecular flexibility index (Phi) is 9.31. The number of carboxylic acid groups (broad SMARTS) is 1. The summed E-state index contributed by atoms with van der Waals surface area (Å²) < 4.78 is 6.27. The number of ether oxygens (including phenoxy) is 1. The van der Waals surface area contributed by atoms with Gasteiger partial charge in [-0.05, 0) is 68.1 Å². The zero-order valence-corrected chi connectivity index (χ0v) is 25.4. The number of rotatable bonds is 10. The summed E-state index contributed by atoms with van der Waals surface area (Å²) in [5.74, 6) is 0.163. The van der Waals surface area contributed by atoms with E-state index in [4.69, 9.17) is 9.84 Å². The van der Waals surface area contributed by atoms with E-state index in [9.17, 15) is 24.5 Å². The number of nitro benzene ring substituents is 1. The molecular formula is C35H34N4O7. The summed E-state index contributed by atoms with van der Waals surface area (Å²) in [4.78, 5) is 51.3. The Morgan fingerprint density at radius 3 is 2.41 bits per heavy atom. The predicted molar refractivity (Wildman–Crippen MR) is 173 cm³/mol. The molecule has 4 aromatic carbocycles. The van der Waals surface area contributed by atoms with Crippen molar-refractivity contribution in [3.63, 3.8) is 0 Å². The highest BCUT2D eigenvalue weighted by atomic mass is 16.6. The molecule has 1 atom stereocenters. The number of carbonyl (C=O) groups excluding carboxylic acids is 2. The molecule has 1 aliphatic heterocycles. The standard InChI is InChI=1S/C35H34N4O7/c1-35(2,37-34(42)43)21-32(40)36-28-19-17-24-10-6-8-14-29(24)38(33(28)41)22-23-16-18-27(26-13-7-9-15-30(26)39(44)45)31(20-23)46-25-11-4-3-5-12-25/h3-16,18,20,28,37H,17,19,21-22H2,1-2H3,(H,36,40)(H,42,43)/t28-/m1/s1. The van der Waals surface area contributed by atoms with Gasteiger partial charge in [-0.25, -0.2) is 4.79 Å². The molecule has 0 radical (unpaired) electrons. The lowest BCUT2D eigenvalue weighted by atomic mass is 9.99. The molecule has 1 aliphatic rings. The number of hydrogen-bond acceptors (Lipinski definition) is 6. The summed E-state index contributed by atoms with van der Waals surface area (Å²) in [5.41, 5.74) is 2.18. The van der Waals surface area contributed by atoms with Crippen LogP contribution in [0.4, 0.5) is 16.2 Å². The molecule has 46 heavy (non-hydrogen) atoms. The van der Waals surface area contributed by atoms with E-state index in [1.807, 2.05) is 42.5 Å². The smallest absolute Gasteiger partial charge is 0.405 e. The molecule has 11 heteroatoms. The largest absolute Gasteiger partial charge is 0.465 e. The quantitative estimate of drug-likeness (QED) is 0.136. The van der Waals surface area contributed by atoms with E-state index < -0.39 is 28.5 Å². The summed E-state index contributed by atoms with van der Waals surface area (Å²) in [6.45, 7) is 3.33. The Balaban J connectivity index is 1.49. The number of benzene rings is 4. The highest BCUT2D eigenvalue weighted by molar-refractivity contribution is 6.00. The lowest BCUT2D eigenvalue weighted by Gasteiger charge is -2.28. The van der Waals surface area contributed by atoms with Gasteiger partial charge in [-0.1, -0.05) is 60.7 Å². The van der Waals surface area contributed by atoms with Gasteiger partial charge in [-0.15, -0.1) is 0 Å². The summed E-state index contributed by atoms with van der Waals surface area (Å²) in [5, 5.41) is 26.1. The van der Waals surface area contributed by atoms with Gasteiger partial charge in [0, 0.05) is 29.3 Å². The average molecular weight is 623 g/mol. The number of anilines is 1. The monoisotopic (exact) mass is 622 g/mol. The van der Waals surface area contributed by atoms with Crippen molar-refractivity contribution >= 4 is 29.3 Å². The van der Waals surface area contributed by atoms with Crippen LogP contribution in [0.3, 0.4) is 0 Å². The zero-order valence-electron chi connectivity index (χ0n) is 25.4. The van der Waals surface area contributed by atoms with Gasteiger partial charge in [0.1, 0.15) is 17.5 Å². The third kappa shape index (κ3) is 7.49. The molecule has 1 heterocycles. The zero-order chi connectivity index (χ0) is 32.8. The Bertz CT molecular complexity index is 1770. The molecule has 0 saturated carbocycles. The molecule has 0 aromatic heterocycles. The molecule has 0 unspecified atom stereocenters. The van der Waals surface area contributed by atoms with Gasteiger partial charge in [0.2, 0.25) is 11.8 Å². The van der Waals surface area contributed by atoms with Crippen LogP contribution in [-0.2, 0) is 22.6 Å². The maximum Gasteiger partial charge on any atom is 0.405 e. The first kappa shape index (κ1) is 31.7. The fraction of sp³-hybridized carbons (Fsp3) is 0.229. The fourth-order valence-corrected chi connectivity index (χ4v) is 5.62. The SMILES string of the molecule is CC(C)(CC(=O)N[C@@H]1CCc2ccccc2N(Cc2ccc(-c3ccccc3[N+](=O)[O-])c(Oc3ccccc3)c2)C1=O)NC(=O)O. The van der Waals surface area contributed by atoms with E-state index >= 15 is 0 Å². The summed E-state index contributed by atoms with van der Waals surface area (Å²) in [6, 6.07) is 27.5. The Labute approximate surface area is 266 Å². The van der Waals surface area contributed by atoms with E-state index in [1.54, 1.807) is 67.3 Å². The molecule has 3 N–H and O–H groups in total. The van der Waals surface area contributed by atoms with Crippen LogP contribution in [0.1, 0.15) is 37.8 Å². The number of nitro groups is 1. The molecule has 11 nitrogen and oxygen atoms in total. The number of fused-ring (bicyclic) bond motifs is 1. The first-order valence-corrected chi connectivity index (χ1v) is 14.8. The first-order valence-electron chi connectivity index (χ1n) is 14.8. The van der Waals surface area contributed by atoms with Crippen LogP contribution in [0.25, 0.3) is 11.1 Å². The summed E-state index contributed by atoms with van der Waals surface area (Å²) in [6.07, 6.45) is -0.486. The lowest BCUT2D eigenvalue weighted by Crippen LogP contribution is -2.51. The van der Waals surface area contributed by atoms with Crippen molar-refractivity contribution in [3.8, 4) is 22.6 Å². The van der Waals surface area contributed by atoms with Gasteiger partial charge in [-0.2, -0.15) is 0 Å². The Morgan fingerprint density at radius 2 is 1.67 bits per heavy atom. The van der Waals surface area contributed by atoms with Crippen molar-refractivity contribution in [2.75, 3.05) is 4.90 Å². The third-order valence-corrected chi connectivity index (χ3v) is 7.68. The highest BCUT2D eigenvalue weighted by Crippen LogP contribution is 2.39. The van der Waals surface area contributed by atoms with Gasteiger partial charge in [0.15, 0.2) is 0 Å².